The second kappa shape index (κ2) is 3.19. The maximum Gasteiger partial charge on any atom is 0.105 e. The van der Waals surface area contributed by atoms with Crippen LogP contribution in [-0.4, -0.2) is 5.11 Å². The van der Waals surface area contributed by atoms with Crippen LogP contribution in [0.15, 0.2) is 46.9 Å². The van der Waals surface area contributed by atoms with E-state index in [1.807, 2.05) is 30.3 Å². The third-order valence-corrected chi connectivity index (χ3v) is 3.35. The van der Waals surface area contributed by atoms with Gasteiger partial charge in [-0.05, 0) is 34.4 Å². The topological polar surface area (TPSA) is 20.2 Å². The summed E-state index contributed by atoms with van der Waals surface area (Å²) in [6.07, 6.45) is -0.468. The van der Waals surface area contributed by atoms with E-state index in [-0.39, 0.29) is 0 Å². The van der Waals surface area contributed by atoms with Crippen molar-refractivity contribution in [3.8, 4) is 11.1 Å². The molecule has 0 radical (unpaired) electrons. The van der Waals surface area contributed by atoms with Crippen LogP contribution in [0.4, 0.5) is 0 Å². The lowest BCUT2D eigenvalue weighted by Gasteiger charge is -2.04. The highest BCUT2D eigenvalue weighted by Crippen LogP contribution is 2.43. The van der Waals surface area contributed by atoms with Gasteiger partial charge in [0.2, 0.25) is 0 Å². The highest BCUT2D eigenvalue weighted by Gasteiger charge is 2.26. The Labute approximate surface area is 96.5 Å². The van der Waals surface area contributed by atoms with Crippen molar-refractivity contribution in [3.05, 3.63) is 58.1 Å². The summed E-state index contributed by atoms with van der Waals surface area (Å²) in [6.45, 7) is 0. The van der Waals surface area contributed by atoms with Crippen LogP contribution < -0.4 is 0 Å². The van der Waals surface area contributed by atoms with Gasteiger partial charge >= 0.3 is 0 Å². The normalized spacial score (nSPS) is 17.3. The summed E-state index contributed by atoms with van der Waals surface area (Å²) in [7, 11) is 0. The Hall–Kier alpha value is -1.12. The van der Waals surface area contributed by atoms with Crippen molar-refractivity contribution in [2.75, 3.05) is 0 Å². The minimum Gasteiger partial charge on any atom is -0.384 e. The highest BCUT2D eigenvalue weighted by molar-refractivity contribution is 9.10. The second-order valence-electron chi connectivity index (χ2n) is 3.72. The Balaban J connectivity index is 2.34. The fraction of sp³-hybridized carbons (Fsp3) is 0.0769. The lowest BCUT2D eigenvalue weighted by molar-refractivity contribution is 0.225. The van der Waals surface area contributed by atoms with E-state index in [4.69, 9.17) is 0 Å². The first kappa shape index (κ1) is 9.13. The van der Waals surface area contributed by atoms with E-state index in [0.29, 0.717) is 0 Å². The molecule has 1 N–H and O–H groups in total. The van der Waals surface area contributed by atoms with Gasteiger partial charge in [0.15, 0.2) is 0 Å². The van der Waals surface area contributed by atoms with Gasteiger partial charge < -0.3 is 5.11 Å². The molecular weight excluding hydrogens is 252 g/mol. The van der Waals surface area contributed by atoms with Gasteiger partial charge in [-0.15, -0.1) is 0 Å². The zero-order valence-electron chi connectivity index (χ0n) is 7.94. The quantitative estimate of drug-likeness (QED) is 0.769. The standard InChI is InChI=1S/C13H9BrO/c14-8-5-6-11-12(7-8)9-3-1-2-4-10(9)13(11)15/h1-7,13,15H. The molecule has 0 aliphatic heterocycles. The Morgan fingerprint density at radius 3 is 2.53 bits per heavy atom. The summed E-state index contributed by atoms with van der Waals surface area (Å²) in [5.41, 5.74) is 4.28. The van der Waals surface area contributed by atoms with Crippen LogP contribution in [0, 0.1) is 0 Å². The van der Waals surface area contributed by atoms with Crippen LogP contribution in [0.5, 0.6) is 0 Å². The Morgan fingerprint density at radius 2 is 1.67 bits per heavy atom. The third-order valence-electron chi connectivity index (χ3n) is 2.86. The van der Waals surface area contributed by atoms with E-state index < -0.39 is 6.10 Å². The molecule has 3 rings (SSSR count). The molecule has 0 aromatic heterocycles. The summed E-state index contributed by atoms with van der Waals surface area (Å²) in [5.74, 6) is 0. The van der Waals surface area contributed by atoms with Crippen molar-refractivity contribution in [1.29, 1.82) is 0 Å². The highest BCUT2D eigenvalue weighted by atomic mass is 79.9. The molecule has 1 nitrogen and oxygen atoms in total. The van der Waals surface area contributed by atoms with E-state index in [0.717, 1.165) is 26.7 Å². The fourth-order valence-electron chi connectivity index (χ4n) is 2.15. The van der Waals surface area contributed by atoms with Crippen molar-refractivity contribution in [1.82, 2.24) is 0 Å². The smallest absolute Gasteiger partial charge is 0.105 e. The third kappa shape index (κ3) is 1.25. The Kier molecular flexibility index (Phi) is 1.94. The Bertz CT molecular complexity index is 534. The molecule has 1 aliphatic carbocycles. The average Bonchev–Trinajstić information content (AvgIpc) is 2.54. The molecule has 2 aromatic rings. The van der Waals surface area contributed by atoms with E-state index in [1.165, 1.54) is 0 Å². The van der Waals surface area contributed by atoms with Crippen molar-refractivity contribution >= 4 is 15.9 Å². The summed E-state index contributed by atoms with van der Waals surface area (Å²) < 4.78 is 1.05. The van der Waals surface area contributed by atoms with Crippen LogP contribution in [0.2, 0.25) is 0 Å². The molecule has 1 atom stereocenters. The molecular formula is C13H9BrO. The molecule has 0 bridgehead atoms. The molecule has 1 aliphatic rings. The van der Waals surface area contributed by atoms with Gasteiger partial charge in [0.05, 0.1) is 0 Å². The maximum absolute atomic E-state index is 10.1. The van der Waals surface area contributed by atoms with Crippen LogP contribution in [0.1, 0.15) is 17.2 Å². The first-order valence-corrected chi connectivity index (χ1v) is 5.63. The largest absolute Gasteiger partial charge is 0.384 e. The van der Waals surface area contributed by atoms with Crippen LogP contribution in [0.25, 0.3) is 11.1 Å². The number of halogens is 1. The predicted molar refractivity (Wildman–Crippen MR) is 63.6 cm³/mol. The van der Waals surface area contributed by atoms with Crippen molar-refractivity contribution in [2.45, 2.75) is 6.10 Å². The molecule has 74 valence electrons. The first-order valence-electron chi connectivity index (χ1n) is 4.84. The zero-order chi connectivity index (χ0) is 10.4. The molecule has 0 saturated heterocycles. The number of hydrogen-bond donors (Lipinski definition) is 1. The van der Waals surface area contributed by atoms with Gasteiger partial charge in [-0.1, -0.05) is 46.3 Å². The van der Waals surface area contributed by atoms with E-state index in [2.05, 4.69) is 28.1 Å². The molecule has 0 heterocycles. The van der Waals surface area contributed by atoms with Crippen molar-refractivity contribution in [3.63, 3.8) is 0 Å². The van der Waals surface area contributed by atoms with Gasteiger partial charge in [-0.3, -0.25) is 0 Å². The summed E-state index contributed by atoms with van der Waals surface area (Å²) in [5, 5.41) is 10.1. The van der Waals surface area contributed by atoms with Crippen molar-refractivity contribution < 1.29 is 5.11 Å². The lowest BCUT2D eigenvalue weighted by Crippen LogP contribution is -1.92. The Morgan fingerprint density at radius 1 is 0.933 bits per heavy atom. The van der Waals surface area contributed by atoms with Gasteiger partial charge in [0.25, 0.3) is 0 Å². The zero-order valence-corrected chi connectivity index (χ0v) is 9.53. The lowest BCUT2D eigenvalue weighted by atomic mass is 10.1. The summed E-state index contributed by atoms with van der Waals surface area (Å²) in [6, 6.07) is 14.0. The average molecular weight is 261 g/mol. The molecule has 0 spiro atoms. The second-order valence-corrected chi connectivity index (χ2v) is 4.64. The van der Waals surface area contributed by atoms with Gasteiger partial charge in [0.1, 0.15) is 6.10 Å². The minimum absolute atomic E-state index is 0.468. The number of benzene rings is 2. The monoisotopic (exact) mass is 260 g/mol. The predicted octanol–water partition coefficient (Wildman–Crippen LogP) is 3.51. The number of fused-ring (bicyclic) bond motifs is 3. The van der Waals surface area contributed by atoms with E-state index in [9.17, 15) is 5.11 Å². The molecule has 1 unspecified atom stereocenters. The van der Waals surface area contributed by atoms with Gasteiger partial charge in [-0.25, -0.2) is 0 Å². The summed E-state index contributed by atoms with van der Waals surface area (Å²) in [4.78, 5) is 0. The molecule has 2 heteroatoms. The number of aliphatic hydroxyl groups excluding tert-OH is 1. The van der Waals surface area contributed by atoms with Crippen LogP contribution >= 0.6 is 15.9 Å². The minimum atomic E-state index is -0.468. The van der Waals surface area contributed by atoms with E-state index >= 15 is 0 Å². The summed E-state index contributed by atoms with van der Waals surface area (Å²) >= 11 is 3.46. The molecule has 0 saturated carbocycles. The molecule has 15 heavy (non-hydrogen) atoms. The molecule has 0 amide bonds. The molecule has 0 fully saturated rings. The fourth-order valence-corrected chi connectivity index (χ4v) is 2.51. The number of aliphatic hydroxyl groups is 1. The van der Waals surface area contributed by atoms with Crippen LogP contribution in [-0.2, 0) is 0 Å². The first-order chi connectivity index (χ1) is 7.27. The molecule has 2 aromatic carbocycles. The maximum atomic E-state index is 10.1. The number of hydrogen-bond acceptors (Lipinski definition) is 1. The van der Waals surface area contributed by atoms with Gasteiger partial charge in [-0.2, -0.15) is 0 Å². The SMILES string of the molecule is OC1c2ccccc2-c2cc(Br)ccc21. The van der Waals surface area contributed by atoms with Gasteiger partial charge in [0, 0.05) is 4.47 Å². The van der Waals surface area contributed by atoms with E-state index in [1.54, 1.807) is 0 Å². The van der Waals surface area contributed by atoms with Crippen molar-refractivity contribution in [2.24, 2.45) is 0 Å². The van der Waals surface area contributed by atoms with Crippen LogP contribution in [0.3, 0.4) is 0 Å². The number of rotatable bonds is 0.